The summed E-state index contributed by atoms with van der Waals surface area (Å²) in [4.78, 5) is 0. The molecule has 0 aromatic heterocycles. The second kappa shape index (κ2) is 8.74. The second-order valence-electron chi connectivity index (χ2n) is 0.816. The van der Waals surface area contributed by atoms with Crippen LogP contribution in [0, 0.1) is 0 Å². The van der Waals surface area contributed by atoms with Crippen molar-refractivity contribution in [2.75, 3.05) is 0 Å². The Morgan fingerprint density at radius 1 is 0.667 bits per heavy atom. The van der Waals surface area contributed by atoms with Crippen LogP contribution in [0.2, 0.25) is 0 Å². The van der Waals surface area contributed by atoms with Gasteiger partial charge in [0.15, 0.2) is 0 Å². The molecule has 8 nitrogen and oxygen atoms in total. The molecule has 0 spiro atoms. The van der Waals surface area contributed by atoms with Crippen molar-refractivity contribution in [2.45, 2.75) is 0 Å². The molecule has 0 aromatic rings. The quantitative estimate of drug-likeness (QED) is 0.210. The Hall–Kier alpha value is 1.16. The minimum absolute atomic E-state index is 0. The van der Waals surface area contributed by atoms with Crippen LogP contribution in [0.15, 0.2) is 0 Å². The van der Waals surface area contributed by atoms with Crippen LogP contribution in [0.3, 0.4) is 0 Å². The van der Waals surface area contributed by atoms with Crippen molar-refractivity contribution >= 4 is 48.1 Å². The predicted octanol–water partition coefficient (Wildman–Crippen LogP) is -3.06. The van der Waals surface area contributed by atoms with E-state index in [1.54, 1.807) is 0 Å². The van der Waals surface area contributed by atoms with E-state index < -0.39 is 20.8 Å². The summed E-state index contributed by atoms with van der Waals surface area (Å²) >= 11 is 0. The Bertz CT molecular complexity index is 213. The van der Waals surface area contributed by atoms with Gasteiger partial charge in [0.05, 0.1) is 0 Å². The van der Waals surface area contributed by atoms with Gasteiger partial charge in [-0.05, 0) is 0 Å². The molecule has 0 amide bonds. The fourth-order valence-corrected chi connectivity index (χ4v) is 0. The van der Waals surface area contributed by atoms with E-state index in [-0.39, 0.29) is 43.8 Å². The standard InChI is InChI=1S/Ni.2H2O4S.Pb/c;2*1-5(2,3)4;/h;2*(H2,1,2,3,4);/q+2;;;+2/p-4. The normalized spacial score (nSPS) is 9.67. The van der Waals surface area contributed by atoms with Gasteiger partial charge >= 0.3 is 43.8 Å². The Balaban J connectivity index is -0.0000000457. The Labute approximate surface area is 99.0 Å². The zero-order chi connectivity index (χ0) is 9.00. The van der Waals surface area contributed by atoms with Crippen molar-refractivity contribution in [2.24, 2.45) is 0 Å². The molecule has 74 valence electrons. The van der Waals surface area contributed by atoms with Gasteiger partial charge < -0.3 is 18.2 Å². The van der Waals surface area contributed by atoms with Crippen molar-refractivity contribution in [1.82, 2.24) is 0 Å². The average molecular weight is 458 g/mol. The van der Waals surface area contributed by atoms with Crippen LogP contribution in [-0.4, -0.2) is 62.3 Å². The smallest absolute Gasteiger partial charge is 0.759 e. The van der Waals surface area contributed by atoms with Crippen LogP contribution in [0.5, 0.6) is 0 Å². The van der Waals surface area contributed by atoms with Gasteiger partial charge in [-0.1, -0.05) is 0 Å². The molecule has 0 rings (SSSR count). The van der Waals surface area contributed by atoms with E-state index in [1.165, 1.54) is 0 Å². The van der Waals surface area contributed by atoms with Crippen molar-refractivity contribution in [3.05, 3.63) is 0 Å². The third-order valence-electron chi connectivity index (χ3n) is 0. The van der Waals surface area contributed by atoms with E-state index in [4.69, 9.17) is 35.0 Å². The van der Waals surface area contributed by atoms with Crippen LogP contribution in [0.25, 0.3) is 0 Å². The molecule has 12 heteroatoms. The van der Waals surface area contributed by atoms with Crippen LogP contribution in [-0.2, 0) is 37.3 Å². The molecule has 0 aliphatic rings. The largest absolute Gasteiger partial charge is 2.00 e. The van der Waals surface area contributed by atoms with Gasteiger partial charge in [-0.3, -0.25) is 16.8 Å². The maximum Gasteiger partial charge on any atom is 2.00 e. The minimum Gasteiger partial charge on any atom is -0.759 e. The minimum atomic E-state index is -5.17. The summed E-state index contributed by atoms with van der Waals surface area (Å²) in [6.45, 7) is 0. The van der Waals surface area contributed by atoms with E-state index >= 15 is 0 Å². The molecule has 0 bridgehead atoms. The van der Waals surface area contributed by atoms with Crippen LogP contribution in [0.4, 0.5) is 0 Å². The van der Waals surface area contributed by atoms with Gasteiger partial charge in [-0.2, -0.15) is 0 Å². The molecule has 0 fully saturated rings. The third kappa shape index (κ3) is 862. The summed E-state index contributed by atoms with van der Waals surface area (Å²) in [6, 6.07) is 0. The molecule has 0 aliphatic heterocycles. The van der Waals surface area contributed by atoms with Crippen molar-refractivity contribution in [1.29, 1.82) is 0 Å². The SMILES string of the molecule is O=S(=O)([O-])[O-].O=S(=O)([O-])[O-].[Ni+2].[Pb+2]. The summed E-state index contributed by atoms with van der Waals surface area (Å²) in [5.74, 6) is 0. The zero-order valence-electron chi connectivity index (χ0n) is 4.90. The van der Waals surface area contributed by atoms with Crippen molar-refractivity contribution in [3.8, 4) is 0 Å². The summed E-state index contributed by atoms with van der Waals surface area (Å²) in [6.07, 6.45) is 0. The summed E-state index contributed by atoms with van der Waals surface area (Å²) in [7, 11) is -10.3. The topological polar surface area (TPSA) is 161 Å². The van der Waals surface area contributed by atoms with E-state index in [2.05, 4.69) is 0 Å². The Morgan fingerprint density at radius 3 is 0.667 bits per heavy atom. The molecule has 0 aliphatic carbocycles. The molecule has 0 atom stereocenters. The third-order valence-corrected chi connectivity index (χ3v) is 0. The zero-order valence-corrected chi connectivity index (χ0v) is 11.4. The monoisotopic (exact) mass is 458 g/mol. The fraction of sp³-hybridized carbons (Fsp3) is 0. The first-order valence-corrected chi connectivity index (χ1v) is 4.00. The van der Waals surface area contributed by atoms with Gasteiger partial charge in [0, 0.05) is 20.8 Å². The number of hydrogen-bond donors (Lipinski definition) is 0. The first kappa shape index (κ1) is 23.2. The maximum atomic E-state index is 8.52. The molecule has 0 unspecified atom stereocenters. The molecule has 0 N–H and O–H groups in total. The fourth-order valence-electron chi connectivity index (χ4n) is 0. The number of hydrogen-bond acceptors (Lipinski definition) is 8. The Kier molecular flexibility index (Phi) is 16.9. The van der Waals surface area contributed by atoms with Gasteiger partial charge in [0.25, 0.3) is 0 Å². The predicted molar refractivity (Wildman–Crippen MR) is 26.7 cm³/mol. The molecule has 0 heterocycles. The number of rotatable bonds is 0. The van der Waals surface area contributed by atoms with Crippen LogP contribution >= 0.6 is 0 Å². The van der Waals surface area contributed by atoms with E-state index in [0.717, 1.165) is 0 Å². The molecular formula is NiO8PbS2. The molecule has 0 aromatic carbocycles. The van der Waals surface area contributed by atoms with Gasteiger partial charge in [0.1, 0.15) is 0 Å². The molecule has 0 saturated carbocycles. The van der Waals surface area contributed by atoms with E-state index in [0.29, 0.717) is 0 Å². The van der Waals surface area contributed by atoms with E-state index in [1.807, 2.05) is 0 Å². The molecule has 12 heavy (non-hydrogen) atoms. The van der Waals surface area contributed by atoms with Gasteiger partial charge in [0.2, 0.25) is 0 Å². The first-order chi connectivity index (χ1) is 4.00. The summed E-state index contributed by atoms with van der Waals surface area (Å²) in [5, 5.41) is 0. The van der Waals surface area contributed by atoms with Crippen molar-refractivity contribution < 1.29 is 51.5 Å². The van der Waals surface area contributed by atoms with Gasteiger partial charge in [-0.15, -0.1) is 0 Å². The van der Waals surface area contributed by atoms with Gasteiger partial charge in [-0.25, -0.2) is 0 Å². The van der Waals surface area contributed by atoms with E-state index in [9.17, 15) is 0 Å². The summed E-state index contributed by atoms with van der Waals surface area (Å²) in [5.41, 5.74) is 0. The van der Waals surface area contributed by atoms with Crippen molar-refractivity contribution in [3.63, 3.8) is 0 Å². The first-order valence-electron chi connectivity index (χ1n) is 1.33. The average Bonchev–Trinajstić information content (AvgIpc) is 1.12. The second-order valence-corrected chi connectivity index (χ2v) is 2.45. The molecular weight excluding hydrogens is 458 g/mol. The molecule has 0 saturated heterocycles. The van der Waals surface area contributed by atoms with Crippen LogP contribution < -0.4 is 0 Å². The molecule has 2 radical (unpaired) electrons. The summed E-state index contributed by atoms with van der Waals surface area (Å²) < 4.78 is 68.2. The van der Waals surface area contributed by atoms with Crippen LogP contribution in [0.1, 0.15) is 0 Å². The maximum absolute atomic E-state index is 8.52. The Morgan fingerprint density at radius 2 is 0.667 bits per heavy atom.